The van der Waals surface area contributed by atoms with Gasteiger partial charge in [0.25, 0.3) is 0 Å². The van der Waals surface area contributed by atoms with Gasteiger partial charge in [0, 0.05) is 19.3 Å². The van der Waals surface area contributed by atoms with Crippen molar-refractivity contribution in [3.05, 3.63) is 29.8 Å². The Labute approximate surface area is 124 Å². The lowest BCUT2D eigenvalue weighted by Crippen LogP contribution is -2.60. The van der Waals surface area contributed by atoms with E-state index in [0.29, 0.717) is 11.8 Å². The Morgan fingerprint density at radius 3 is 2.45 bits per heavy atom. The highest BCUT2D eigenvalue weighted by molar-refractivity contribution is 5.50. The Hall–Kier alpha value is -1.02. The zero-order valence-electron chi connectivity index (χ0n) is 13.5. The minimum atomic E-state index is 0.127. The number of rotatable bonds is 4. The summed E-state index contributed by atoms with van der Waals surface area (Å²) in [4.78, 5) is 2.47. The molecule has 0 aromatic heterocycles. The van der Waals surface area contributed by atoms with Crippen LogP contribution < -0.4 is 10.6 Å². The maximum absolute atomic E-state index is 6.29. The van der Waals surface area contributed by atoms with Crippen molar-refractivity contribution in [1.82, 2.24) is 0 Å². The Bertz CT molecular complexity index is 424. The molecule has 0 bridgehead atoms. The van der Waals surface area contributed by atoms with Crippen LogP contribution in [0.3, 0.4) is 0 Å². The van der Waals surface area contributed by atoms with Crippen molar-refractivity contribution in [3.63, 3.8) is 0 Å². The van der Waals surface area contributed by atoms with Crippen LogP contribution in [-0.2, 0) is 0 Å². The second-order valence-corrected chi connectivity index (χ2v) is 6.80. The molecule has 2 rings (SSSR count). The van der Waals surface area contributed by atoms with E-state index in [-0.39, 0.29) is 5.54 Å². The Morgan fingerprint density at radius 1 is 1.25 bits per heavy atom. The molecule has 2 unspecified atom stereocenters. The molecule has 0 heterocycles. The Morgan fingerprint density at radius 2 is 1.90 bits per heavy atom. The molecule has 0 amide bonds. The molecule has 20 heavy (non-hydrogen) atoms. The lowest BCUT2D eigenvalue weighted by atomic mass is 9.67. The number of likely N-dealkylation sites (N-methyl/N-ethyl adjacent to an activating group) is 1. The summed E-state index contributed by atoms with van der Waals surface area (Å²) in [5.74, 6) is 1.37. The molecule has 1 fully saturated rings. The van der Waals surface area contributed by atoms with Gasteiger partial charge < -0.3 is 10.6 Å². The fourth-order valence-electron chi connectivity index (χ4n) is 4.04. The van der Waals surface area contributed by atoms with Gasteiger partial charge in [0.2, 0.25) is 0 Å². The van der Waals surface area contributed by atoms with Crippen LogP contribution in [0.4, 0.5) is 5.69 Å². The van der Waals surface area contributed by atoms with E-state index >= 15 is 0 Å². The summed E-state index contributed by atoms with van der Waals surface area (Å²) in [6, 6.07) is 8.87. The van der Waals surface area contributed by atoms with Crippen LogP contribution in [0, 0.1) is 18.8 Å². The number of anilines is 1. The van der Waals surface area contributed by atoms with E-state index in [0.717, 1.165) is 6.54 Å². The van der Waals surface area contributed by atoms with E-state index in [9.17, 15) is 0 Å². The summed E-state index contributed by atoms with van der Waals surface area (Å²) in [7, 11) is 2.23. The summed E-state index contributed by atoms with van der Waals surface area (Å²) < 4.78 is 0. The van der Waals surface area contributed by atoms with E-state index in [4.69, 9.17) is 5.73 Å². The molecule has 1 aromatic rings. The zero-order chi connectivity index (χ0) is 14.8. The number of benzene rings is 1. The second-order valence-electron chi connectivity index (χ2n) is 6.80. The minimum absolute atomic E-state index is 0.127. The van der Waals surface area contributed by atoms with Gasteiger partial charge in [0.1, 0.15) is 0 Å². The zero-order valence-corrected chi connectivity index (χ0v) is 13.5. The summed E-state index contributed by atoms with van der Waals surface area (Å²) >= 11 is 0. The monoisotopic (exact) mass is 274 g/mol. The largest absolute Gasteiger partial charge is 0.367 e. The van der Waals surface area contributed by atoms with Crippen molar-refractivity contribution in [1.29, 1.82) is 0 Å². The molecule has 1 saturated carbocycles. The maximum Gasteiger partial charge on any atom is 0.0551 e. The van der Waals surface area contributed by atoms with Gasteiger partial charge in [0.05, 0.1) is 5.54 Å². The molecule has 0 radical (unpaired) electrons. The lowest BCUT2D eigenvalue weighted by Gasteiger charge is -2.52. The molecule has 1 aliphatic rings. The minimum Gasteiger partial charge on any atom is -0.367 e. The van der Waals surface area contributed by atoms with Gasteiger partial charge in [-0.3, -0.25) is 0 Å². The average Bonchev–Trinajstić information content (AvgIpc) is 2.47. The molecule has 1 aliphatic carbocycles. The van der Waals surface area contributed by atoms with Crippen molar-refractivity contribution < 1.29 is 0 Å². The summed E-state index contributed by atoms with van der Waals surface area (Å²) in [5.41, 5.74) is 9.03. The molecule has 0 saturated heterocycles. The van der Waals surface area contributed by atoms with Crippen molar-refractivity contribution in [3.8, 4) is 0 Å². The van der Waals surface area contributed by atoms with Gasteiger partial charge >= 0.3 is 0 Å². The highest BCUT2D eigenvalue weighted by Gasteiger charge is 2.44. The molecule has 1 aromatic carbocycles. The SMILES string of the molecule is Cc1ccc(N(C)C2(CN)CCCCC2C(C)C)cc1. The molecule has 2 atom stereocenters. The van der Waals surface area contributed by atoms with E-state index in [1.165, 1.54) is 36.9 Å². The Balaban J connectivity index is 2.34. The van der Waals surface area contributed by atoms with E-state index < -0.39 is 0 Å². The first-order valence-corrected chi connectivity index (χ1v) is 8.02. The van der Waals surface area contributed by atoms with Crippen LogP contribution in [0.5, 0.6) is 0 Å². The van der Waals surface area contributed by atoms with Crippen molar-refractivity contribution in [2.45, 2.75) is 52.0 Å². The fraction of sp³-hybridized carbons (Fsp3) is 0.667. The van der Waals surface area contributed by atoms with Crippen LogP contribution in [0.1, 0.15) is 45.1 Å². The van der Waals surface area contributed by atoms with Gasteiger partial charge in [0.15, 0.2) is 0 Å². The first-order valence-electron chi connectivity index (χ1n) is 8.02. The molecule has 2 heteroatoms. The summed E-state index contributed by atoms with van der Waals surface area (Å²) in [5, 5.41) is 0. The standard InChI is InChI=1S/C18H30N2/c1-14(2)17-7-5-6-12-18(17,13-19)20(4)16-10-8-15(3)9-11-16/h8-11,14,17H,5-7,12-13,19H2,1-4H3. The summed E-state index contributed by atoms with van der Waals surface area (Å²) in [6.45, 7) is 7.59. The maximum atomic E-state index is 6.29. The number of hydrogen-bond acceptors (Lipinski definition) is 2. The predicted molar refractivity (Wildman–Crippen MR) is 88.2 cm³/mol. The molecular formula is C18H30N2. The van der Waals surface area contributed by atoms with Crippen LogP contribution in [0.15, 0.2) is 24.3 Å². The van der Waals surface area contributed by atoms with E-state index in [1.54, 1.807) is 0 Å². The van der Waals surface area contributed by atoms with Crippen molar-refractivity contribution in [2.24, 2.45) is 17.6 Å². The number of aryl methyl sites for hydroxylation is 1. The highest BCUT2D eigenvalue weighted by atomic mass is 15.2. The van der Waals surface area contributed by atoms with Crippen LogP contribution in [0.25, 0.3) is 0 Å². The van der Waals surface area contributed by atoms with Crippen LogP contribution in [-0.4, -0.2) is 19.1 Å². The van der Waals surface area contributed by atoms with Crippen LogP contribution in [0.2, 0.25) is 0 Å². The fourth-order valence-corrected chi connectivity index (χ4v) is 4.04. The third-order valence-corrected chi connectivity index (χ3v) is 5.31. The highest BCUT2D eigenvalue weighted by Crippen LogP contribution is 2.43. The summed E-state index contributed by atoms with van der Waals surface area (Å²) in [6.07, 6.45) is 5.19. The smallest absolute Gasteiger partial charge is 0.0551 e. The normalized spacial score (nSPS) is 26.8. The molecule has 2 nitrogen and oxygen atoms in total. The van der Waals surface area contributed by atoms with Gasteiger partial charge in [-0.25, -0.2) is 0 Å². The van der Waals surface area contributed by atoms with Crippen molar-refractivity contribution in [2.75, 3.05) is 18.5 Å². The predicted octanol–water partition coefficient (Wildman–Crippen LogP) is 3.97. The molecule has 112 valence electrons. The number of hydrogen-bond donors (Lipinski definition) is 1. The number of nitrogens with two attached hydrogens (primary N) is 1. The van der Waals surface area contributed by atoms with E-state index in [1.807, 2.05) is 0 Å². The first kappa shape index (κ1) is 15.4. The van der Waals surface area contributed by atoms with Gasteiger partial charge in [-0.2, -0.15) is 0 Å². The molecule has 2 N–H and O–H groups in total. The van der Waals surface area contributed by atoms with Crippen LogP contribution >= 0.6 is 0 Å². The van der Waals surface area contributed by atoms with Gasteiger partial charge in [-0.15, -0.1) is 0 Å². The Kier molecular flexibility index (Phi) is 4.74. The van der Waals surface area contributed by atoms with Crippen molar-refractivity contribution >= 4 is 5.69 Å². The first-order chi connectivity index (χ1) is 9.51. The topological polar surface area (TPSA) is 29.3 Å². The third kappa shape index (κ3) is 2.71. The third-order valence-electron chi connectivity index (χ3n) is 5.31. The quantitative estimate of drug-likeness (QED) is 0.900. The molecular weight excluding hydrogens is 244 g/mol. The second kappa shape index (κ2) is 6.17. The molecule has 0 spiro atoms. The average molecular weight is 274 g/mol. The number of nitrogens with zero attached hydrogens (tertiary/aromatic N) is 1. The van der Waals surface area contributed by atoms with Gasteiger partial charge in [-0.1, -0.05) is 44.4 Å². The molecule has 0 aliphatic heterocycles. The van der Waals surface area contributed by atoms with E-state index in [2.05, 4.69) is 57.0 Å². The van der Waals surface area contributed by atoms with Gasteiger partial charge in [-0.05, 0) is 43.7 Å². The lowest BCUT2D eigenvalue weighted by molar-refractivity contribution is 0.142.